The Morgan fingerprint density at radius 2 is 2.17 bits per heavy atom. The van der Waals surface area contributed by atoms with Gasteiger partial charge < -0.3 is 0 Å². The summed E-state index contributed by atoms with van der Waals surface area (Å²) in [5.74, 6) is 6.44. The predicted octanol–water partition coefficient (Wildman–Crippen LogP) is 2.63. The first-order chi connectivity index (χ1) is 17.1. The topological polar surface area (TPSA) is 74.6 Å². The fourth-order valence-electron chi connectivity index (χ4n) is 4.32. The number of amides is 1. The molecular weight excluding hydrogens is 556 g/mol. The molecule has 0 spiro atoms. The number of nitrogens with one attached hydrogen (secondary N) is 2. The zero-order chi connectivity index (χ0) is 25.9. The summed E-state index contributed by atoms with van der Waals surface area (Å²) in [5, 5.41) is 4.87. The van der Waals surface area contributed by atoms with Gasteiger partial charge in [0.05, 0.1) is 5.01 Å². The number of alkyl halides is 3. The third kappa shape index (κ3) is 6.59. The summed E-state index contributed by atoms with van der Waals surface area (Å²) in [4.78, 5) is 21.7. The number of rotatable bonds is 4. The van der Waals surface area contributed by atoms with Crippen LogP contribution in [0.2, 0.25) is 0 Å². The van der Waals surface area contributed by atoms with Crippen molar-refractivity contribution in [2.45, 2.75) is 37.3 Å². The molecule has 3 aromatic rings. The minimum Gasteiger partial charge on any atom is -0.250 e. The second-order valence-corrected chi connectivity index (χ2v) is 12.2. The quantitative estimate of drug-likeness (QED) is 0.365. The molecule has 0 aromatic carbocycles. The van der Waals surface area contributed by atoms with Gasteiger partial charge in [-0.05, 0) is 6.92 Å². The van der Waals surface area contributed by atoms with Crippen LogP contribution in [0.3, 0.4) is 0 Å². The van der Waals surface area contributed by atoms with E-state index in [1.807, 2.05) is 12.3 Å². The fraction of sp³-hybridized carbons (Fsp3) is 0.458. The van der Waals surface area contributed by atoms with Gasteiger partial charge in [0.15, 0.2) is 0 Å². The summed E-state index contributed by atoms with van der Waals surface area (Å²) in [6, 6.07) is 1.67. The number of piperidine rings is 1. The summed E-state index contributed by atoms with van der Waals surface area (Å²) in [5.41, 5.74) is 0.904. The number of halogens is 3. The maximum absolute atomic E-state index is 13.3. The Bertz CT molecular complexity index is 1280. The van der Waals surface area contributed by atoms with Crippen LogP contribution in [0.4, 0.5) is 19.0 Å². The molecule has 2 unspecified atom stereocenters. The minimum absolute atomic E-state index is 0.0157. The Hall–Kier alpha value is -2.58. The van der Waals surface area contributed by atoms with Crippen molar-refractivity contribution < 1.29 is 18.0 Å². The minimum atomic E-state index is -4.31. The Morgan fingerprint density at radius 3 is 2.78 bits per heavy atom. The molecule has 3 aromatic heterocycles. The molecular formula is C24H27F3N6OSSe. The maximum atomic E-state index is 13.3. The van der Waals surface area contributed by atoms with Gasteiger partial charge in [-0.2, -0.15) is 0 Å². The molecule has 4 heterocycles. The van der Waals surface area contributed by atoms with E-state index in [-0.39, 0.29) is 22.6 Å². The van der Waals surface area contributed by atoms with E-state index >= 15 is 0 Å². The van der Waals surface area contributed by atoms with Crippen LogP contribution >= 0.6 is 11.3 Å². The van der Waals surface area contributed by atoms with Gasteiger partial charge in [-0.1, -0.05) is 0 Å². The zero-order valence-corrected chi connectivity index (χ0v) is 22.7. The number of hydrogen-bond acceptors (Lipinski definition) is 6. The van der Waals surface area contributed by atoms with Crippen molar-refractivity contribution in [3.8, 4) is 11.8 Å². The van der Waals surface area contributed by atoms with E-state index in [0.717, 1.165) is 30.9 Å². The standard InChI is InChI=1S/C20H22F3N5OSe.C4H5NS/c1-13(29)24-6-3-4-14-10-16-17(26-19-5-8-27(2)12-15(19)11-19)25-7-9-28(16)18(14)30-20(21,22)23;1-4-5-2-3-6-4/h7,9-10,15H,5-6,8,11-12H2,1-2H3,(H,24,29)(H,25,26);2-3H,1H3. The average molecular weight is 584 g/mol. The molecule has 2 N–H and O–H groups in total. The maximum Gasteiger partial charge on any atom is 0.0893 e. The van der Waals surface area contributed by atoms with Crippen LogP contribution in [0.25, 0.3) is 5.52 Å². The number of likely N-dealkylation sites (tertiary alicyclic amines) is 1. The van der Waals surface area contributed by atoms with Gasteiger partial charge in [-0.3, -0.25) is 4.98 Å². The number of aromatic nitrogens is 3. The first kappa shape index (κ1) is 26.5. The zero-order valence-electron chi connectivity index (χ0n) is 20.1. The van der Waals surface area contributed by atoms with E-state index < -0.39 is 20.0 Å². The Morgan fingerprint density at radius 1 is 1.36 bits per heavy atom. The van der Waals surface area contributed by atoms with Crippen LogP contribution in [-0.4, -0.2) is 77.4 Å². The van der Waals surface area contributed by atoms with Crippen LogP contribution in [0.5, 0.6) is 0 Å². The number of nitrogens with zero attached hydrogens (tertiary/aromatic N) is 4. The third-order valence-corrected chi connectivity index (χ3v) is 8.61. The smallest absolute Gasteiger partial charge is 0.0893 e. The summed E-state index contributed by atoms with van der Waals surface area (Å²) in [6.07, 6.45) is 6.92. The van der Waals surface area contributed by atoms with Crippen LogP contribution < -0.4 is 15.2 Å². The van der Waals surface area contributed by atoms with Gasteiger partial charge in [0, 0.05) is 11.6 Å². The molecule has 2 aliphatic rings. The number of hydrogen-bond donors (Lipinski definition) is 2. The normalized spacial score (nSPS) is 21.0. The molecule has 192 valence electrons. The molecule has 7 nitrogen and oxygen atoms in total. The summed E-state index contributed by atoms with van der Waals surface area (Å²) < 4.78 is 41.5. The molecule has 0 bridgehead atoms. The SMILES string of the molecule is CC(=O)NCC#Cc1cc2c(NC34CCN(C)CC3C4)nccn2c1[Se]C(F)(F)F.Cc1nccs1. The first-order valence-electron chi connectivity index (χ1n) is 11.4. The largest absolute Gasteiger partial charge is 0.250 e. The van der Waals surface area contributed by atoms with Gasteiger partial charge in [-0.15, -0.1) is 11.3 Å². The molecule has 2 atom stereocenters. The van der Waals surface area contributed by atoms with Crippen molar-refractivity contribution in [1.29, 1.82) is 0 Å². The van der Waals surface area contributed by atoms with Gasteiger partial charge in [0.1, 0.15) is 0 Å². The molecule has 5 rings (SSSR count). The predicted molar refractivity (Wildman–Crippen MR) is 136 cm³/mol. The summed E-state index contributed by atoms with van der Waals surface area (Å²) in [6.45, 7) is 5.44. The van der Waals surface area contributed by atoms with E-state index in [2.05, 4.69) is 44.4 Å². The molecule has 12 heteroatoms. The van der Waals surface area contributed by atoms with Gasteiger partial charge in [-0.25, -0.2) is 0 Å². The van der Waals surface area contributed by atoms with E-state index in [1.54, 1.807) is 34.2 Å². The van der Waals surface area contributed by atoms with Crippen LogP contribution in [0.1, 0.15) is 30.3 Å². The molecule has 1 saturated carbocycles. The van der Waals surface area contributed by atoms with Crippen LogP contribution in [0.15, 0.2) is 30.0 Å². The van der Waals surface area contributed by atoms with Crippen LogP contribution in [0, 0.1) is 24.7 Å². The van der Waals surface area contributed by atoms with Crippen molar-refractivity contribution in [3.63, 3.8) is 0 Å². The third-order valence-electron chi connectivity index (χ3n) is 6.14. The van der Waals surface area contributed by atoms with Gasteiger partial charge in [0.25, 0.3) is 0 Å². The number of thiazole rings is 1. The number of fused-ring (bicyclic) bond motifs is 2. The van der Waals surface area contributed by atoms with E-state index in [1.165, 1.54) is 13.1 Å². The van der Waals surface area contributed by atoms with E-state index in [0.29, 0.717) is 22.8 Å². The average Bonchev–Trinajstić information content (AvgIpc) is 3.08. The first-order valence-corrected chi connectivity index (χ1v) is 14.0. The fourth-order valence-corrected chi connectivity index (χ4v) is 6.22. The van der Waals surface area contributed by atoms with Crippen molar-refractivity contribution in [1.82, 2.24) is 24.6 Å². The molecule has 36 heavy (non-hydrogen) atoms. The summed E-state index contributed by atoms with van der Waals surface area (Å²) >= 11 is -0.0932. The van der Waals surface area contributed by atoms with Crippen molar-refractivity contribution in [2.75, 3.05) is 32.0 Å². The summed E-state index contributed by atoms with van der Waals surface area (Å²) in [7, 11) is 2.10. The van der Waals surface area contributed by atoms with Crippen molar-refractivity contribution in [3.05, 3.63) is 40.6 Å². The van der Waals surface area contributed by atoms with Crippen molar-refractivity contribution in [2.24, 2.45) is 5.92 Å². The molecule has 2 fully saturated rings. The Balaban J connectivity index is 0.000000445. The number of carbonyl (C=O) groups is 1. The molecule has 1 aliphatic carbocycles. The van der Waals surface area contributed by atoms with E-state index in [9.17, 15) is 18.0 Å². The molecule has 1 amide bonds. The molecule has 1 saturated heterocycles. The Kier molecular flexibility index (Phi) is 7.95. The number of aryl methyl sites for hydroxylation is 1. The number of anilines is 1. The van der Waals surface area contributed by atoms with Crippen LogP contribution in [-0.2, 0) is 4.79 Å². The molecule has 1 aliphatic heterocycles. The Labute approximate surface area is 218 Å². The van der Waals surface area contributed by atoms with Crippen molar-refractivity contribution >= 4 is 48.1 Å². The second-order valence-electron chi connectivity index (χ2n) is 8.90. The molecule has 0 radical (unpaired) electrons. The second kappa shape index (κ2) is 10.8. The van der Waals surface area contributed by atoms with E-state index in [4.69, 9.17) is 0 Å². The van der Waals surface area contributed by atoms with Gasteiger partial charge >= 0.3 is 179 Å². The number of carbonyl (C=O) groups excluding carboxylic acids is 1. The monoisotopic (exact) mass is 584 g/mol. The van der Waals surface area contributed by atoms with Gasteiger partial charge in [0.2, 0.25) is 0 Å².